The van der Waals surface area contributed by atoms with Crippen molar-refractivity contribution in [1.29, 1.82) is 0 Å². The van der Waals surface area contributed by atoms with Crippen molar-refractivity contribution >= 4 is 17.8 Å². The molecule has 0 heterocycles. The van der Waals surface area contributed by atoms with E-state index in [0.29, 0.717) is 12.5 Å². The number of ether oxygens (including phenoxy) is 1. The summed E-state index contributed by atoms with van der Waals surface area (Å²) in [6, 6.07) is 0. The second-order valence-corrected chi connectivity index (χ2v) is 8.62. The summed E-state index contributed by atoms with van der Waals surface area (Å²) in [5.74, 6) is -2.36. The molecule has 0 aromatic rings. The van der Waals surface area contributed by atoms with Gasteiger partial charge in [-0.05, 0) is 12.5 Å². The number of rotatable bonds is 23. The van der Waals surface area contributed by atoms with Gasteiger partial charge in [0.05, 0.1) is 19.1 Å². The molecule has 0 unspecified atom stereocenters. The smallest absolute Gasteiger partial charge is 0.330 e. The molecule has 8 nitrogen and oxygen atoms in total. The first-order chi connectivity index (χ1) is 16.0. The fourth-order valence-electron chi connectivity index (χ4n) is 3.73. The lowest BCUT2D eigenvalue weighted by molar-refractivity contribution is -0.297. The Morgan fingerprint density at radius 1 is 0.765 bits per heavy atom. The van der Waals surface area contributed by atoms with Gasteiger partial charge in [0.15, 0.2) is 0 Å². The van der Waals surface area contributed by atoms with Gasteiger partial charge in [0, 0.05) is 19.0 Å². The molecule has 0 rings (SSSR count). The standard InChI is InChI=1S/C26H47NO6.H3N/c1-2-3-4-5-6-7-8-9-10-11-12-13-14-15-16-17-24(29)27(20-22-28)21-23-33-26(32)19-18-25(30)31;/h18-19,28H,2-17,20-23H2,1H3,(H,30,31);1H3. The van der Waals surface area contributed by atoms with Crippen molar-refractivity contribution in [2.75, 3.05) is 26.3 Å². The normalized spacial score (nSPS) is 10.8. The number of nitrogens with zero attached hydrogens (tertiary/aromatic N) is 1. The first-order valence-corrected chi connectivity index (χ1v) is 13.0. The summed E-state index contributed by atoms with van der Waals surface area (Å²) in [5, 5.41) is 19.4. The third kappa shape index (κ3) is 23.2. The number of carboxylic acids is 1. The maximum Gasteiger partial charge on any atom is 0.330 e. The van der Waals surface area contributed by atoms with Gasteiger partial charge in [-0.1, -0.05) is 96.8 Å². The monoisotopic (exact) mass is 486 g/mol. The van der Waals surface area contributed by atoms with Gasteiger partial charge in [0.25, 0.3) is 0 Å². The van der Waals surface area contributed by atoms with Crippen LogP contribution in [0.3, 0.4) is 0 Å². The zero-order valence-corrected chi connectivity index (χ0v) is 21.7. The Morgan fingerprint density at radius 2 is 1.24 bits per heavy atom. The summed E-state index contributed by atoms with van der Waals surface area (Å²) in [5.41, 5.74) is 0. The molecule has 34 heavy (non-hydrogen) atoms. The average Bonchev–Trinajstić information content (AvgIpc) is 2.79. The molecule has 0 spiro atoms. The molecule has 0 saturated carbocycles. The van der Waals surface area contributed by atoms with E-state index in [0.717, 1.165) is 25.3 Å². The van der Waals surface area contributed by atoms with E-state index >= 15 is 0 Å². The maximum atomic E-state index is 12.3. The Balaban J connectivity index is 0. The summed E-state index contributed by atoms with van der Waals surface area (Å²) < 4.78 is 4.86. The zero-order chi connectivity index (χ0) is 24.6. The van der Waals surface area contributed by atoms with Gasteiger partial charge in [-0.3, -0.25) is 4.79 Å². The largest absolute Gasteiger partial charge is 0.545 e. The molecule has 5 N–H and O–H groups in total. The molecule has 0 saturated heterocycles. The highest BCUT2D eigenvalue weighted by atomic mass is 16.5. The number of unbranched alkanes of at least 4 members (excludes halogenated alkanes) is 14. The van der Waals surface area contributed by atoms with E-state index < -0.39 is 11.9 Å². The second kappa shape index (κ2) is 25.7. The van der Waals surface area contributed by atoms with Crippen molar-refractivity contribution in [2.45, 2.75) is 110 Å². The predicted octanol–water partition coefficient (Wildman–Crippen LogP) is 4.29. The van der Waals surface area contributed by atoms with Crippen LogP contribution in [0.25, 0.3) is 0 Å². The zero-order valence-electron chi connectivity index (χ0n) is 21.7. The van der Waals surface area contributed by atoms with Crippen molar-refractivity contribution in [3.8, 4) is 0 Å². The first kappa shape index (κ1) is 34.2. The van der Waals surface area contributed by atoms with E-state index in [2.05, 4.69) is 6.92 Å². The number of aliphatic hydroxyl groups excluding tert-OH is 1. The number of amides is 1. The number of carbonyl (C=O) groups excluding carboxylic acids is 3. The number of carboxylic acid groups (broad SMARTS) is 1. The minimum Gasteiger partial charge on any atom is -0.545 e. The van der Waals surface area contributed by atoms with Crippen molar-refractivity contribution in [2.24, 2.45) is 0 Å². The number of aliphatic hydroxyl groups is 1. The van der Waals surface area contributed by atoms with E-state index in [1.165, 1.54) is 81.9 Å². The van der Waals surface area contributed by atoms with Gasteiger partial charge in [-0.2, -0.15) is 0 Å². The van der Waals surface area contributed by atoms with Crippen LogP contribution >= 0.6 is 0 Å². The van der Waals surface area contributed by atoms with Gasteiger partial charge in [-0.25, -0.2) is 4.79 Å². The molecule has 0 aliphatic carbocycles. The van der Waals surface area contributed by atoms with Crippen molar-refractivity contribution in [3.63, 3.8) is 0 Å². The molecule has 0 aliphatic heterocycles. The van der Waals surface area contributed by atoms with Gasteiger partial charge in [-0.15, -0.1) is 0 Å². The van der Waals surface area contributed by atoms with Crippen LogP contribution in [-0.4, -0.2) is 54.2 Å². The molecule has 0 bridgehead atoms. The van der Waals surface area contributed by atoms with Gasteiger partial charge in [0.2, 0.25) is 5.91 Å². The molecule has 8 heteroatoms. The van der Waals surface area contributed by atoms with Crippen LogP contribution in [0.1, 0.15) is 110 Å². The van der Waals surface area contributed by atoms with E-state index in [9.17, 15) is 19.5 Å². The van der Waals surface area contributed by atoms with Crippen LogP contribution in [0, 0.1) is 0 Å². The highest BCUT2D eigenvalue weighted by molar-refractivity contribution is 5.89. The molecule has 0 aromatic heterocycles. The molecular weight excluding hydrogens is 436 g/mol. The van der Waals surface area contributed by atoms with E-state index in [1.54, 1.807) is 0 Å². The summed E-state index contributed by atoms with van der Waals surface area (Å²) in [6.45, 7) is 2.39. The molecule has 1 amide bonds. The predicted molar refractivity (Wildman–Crippen MR) is 134 cm³/mol. The number of aliphatic carboxylic acids is 1. The Labute approximate surface area is 206 Å². The van der Waals surface area contributed by atoms with Gasteiger partial charge in [0.1, 0.15) is 6.61 Å². The summed E-state index contributed by atoms with van der Waals surface area (Å²) in [4.78, 5) is 35.4. The quantitative estimate of drug-likeness (QED) is 0.125. The Kier molecular flexibility index (Phi) is 25.9. The molecule has 0 fully saturated rings. The number of hydrogen-bond acceptors (Lipinski definition) is 6. The Bertz CT molecular complexity index is 539. The Hall–Kier alpha value is -1.93. The fraction of sp³-hybridized carbons (Fsp3) is 0.808. The Morgan fingerprint density at radius 3 is 1.68 bits per heavy atom. The van der Waals surface area contributed by atoms with Gasteiger partial charge < -0.3 is 30.8 Å². The van der Waals surface area contributed by atoms with Crippen molar-refractivity contribution in [3.05, 3.63) is 12.2 Å². The second-order valence-electron chi connectivity index (χ2n) is 8.62. The van der Waals surface area contributed by atoms with Crippen LogP contribution in [0.2, 0.25) is 0 Å². The van der Waals surface area contributed by atoms with Crippen LogP contribution in [0.4, 0.5) is 0 Å². The fourth-order valence-corrected chi connectivity index (χ4v) is 3.73. The molecular formula is C26H50N2O6. The highest BCUT2D eigenvalue weighted by Crippen LogP contribution is 2.14. The van der Waals surface area contributed by atoms with Crippen LogP contribution < -0.4 is 11.3 Å². The molecule has 200 valence electrons. The SMILES string of the molecule is CCCCCCCCCCCCCCCCCC(=O)N(CCO)CCOC(=O)C=CC(=O)[O-].[NH4+]. The first-order valence-electron chi connectivity index (χ1n) is 13.0. The summed E-state index contributed by atoms with van der Waals surface area (Å²) in [6.07, 6.45) is 20.8. The average molecular weight is 487 g/mol. The molecule has 0 atom stereocenters. The number of esters is 1. The van der Waals surface area contributed by atoms with E-state index in [4.69, 9.17) is 9.84 Å². The highest BCUT2D eigenvalue weighted by Gasteiger charge is 2.13. The summed E-state index contributed by atoms with van der Waals surface area (Å²) in [7, 11) is 0. The van der Waals surface area contributed by atoms with E-state index in [1.807, 2.05) is 0 Å². The van der Waals surface area contributed by atoms with E-state index in [-0.39, 0.29) is 38.4 Å². The van der Waals surface area contributed by atoms with Crippen molar-refractivity contribution in [1.82, 2.24) is 11.1 Å². The van der Waals surface area contributed by atoms with Crippen LogP contribution in [0.15, 0.2) is 12.2 Å². The van der Waals surface area contributed by atoms with Crippen LogP contribution in [0.5, 0.6) is 0 Å². The topological polar surface area (TPSA) is 143 Å². The maximum absolute atomic E-state index is 12.3. The third-order valence-electron chi connectivity index (χ3n) is 5.68. The minimum absolute atomic E-state index is 0. The van der Waals surface area contributed by atoms with Crippen LogP contribution in [-0.2, 0) is 19.1 Å². The lowest BCUT2D eigenvalue weighted by Gasteiger charge is -2.21. The van der Waals surface area contributed by atoms with Gasteiger partial charge >= 0.3 is 5.97 Å². The number of quaternary nitrogens is 1. The van der Waals surface area contributed by atoms with Crippen molar-refractivity contribution < 1.29 is 29.3 Å². The summed E-state index contributed by atoms with van der Waals surface area (Å²) >= 11 is 0. The molecule has 0 aromatic carbocycles. The number of carbonyl (C=O) groups is 3. The lowest BCUT2D eigenvalue weighted by Crippen LogP contribution is -2.36. The third-order valence-corrected chi connectivity index (χ3v) is 5.68. The lowest BCUT2D eigenvalue weighted by atomic mass is 10.0. The molecule has 0 aliphatic rings. The number of hydrogen-bond donors (Lipinski definition) is 2. The molecule has 0 radical (unpaired) electrons. The minimum atomic E-state index is -1.48.